The summed E-state index contributed by atoms with van der Waals surface area (Å²) in [5.74, 6) is -1.29. The van der Waals surface area contributed by atoms with E-state index in [1.54, 1.807) is 0 Å². The fraction of sp³-hybridized carbons (Fsp3) is 0.385. The fourth-order valence-electron chi connectivity index (χ4n) is 1.45. The summed E-state index contributed by atoms with van der Waals surface area (Å²) in [4.78, 5) is 23.8. The van der Waals surface area contributed by atoms with E-state index in [-0.39, 0.29) is 18.3 Å². The summed E-state index contributed by atoms with van der Waals surface area (Å²) in [6.07, 6.45) is 0. The maximum Gasteiger partial charge on any atom is 0.331 e. The molecule has 0 saturated carbocycles. The van der Waals surface area contributed by atoms with Crippen LogP contribution in [0.5, 0.6) is 0 Å². The number of methoxy groups -OCH3 is 1. The Morgan fingerprint density at radius 3 is 2.53 bits per heavy atom. The molecule has 0 aromatic heterocycles. The van der Waals surface area contributed by atoms with E-state index in [1.807, 2.05) is 30.3 Å². The summed E-state index contributed by atoms with van der Waals surface area (Å²) in [5.41, 5.74) is -1.40. The number of thioether (sulfide) groups is 1. The third-order valence-corrected chi connectivity index (χ3v) is 3.45. The molecule has 0 fully saturated rings. The first-order chi connectivity index (χ1) is 8.98. The highest BCUT2D eigenvalue weighted by atomic mass is 32.2. The monoisotopic (exact) mass is 283 g/mol. The normalized spacial score (nSPS) is 13.6. The Morgan fingerprint density at radius 2 is 2.00 bits per heavy atom. The molecule has 104 valence electrons. The van der Waals surface area contributed by atoms with Crippen LogP contribution in [0.25, 0.3) is 0 Å². The van der Waals surface area contributed by atoms with Crippen molar-refractivity contribution >= 4 is 23.6 Å². The van der Waals surface area contributed by atoms with E-state index in [0.717, 1.165) is 4.90 Å². The van der Waals surface area contributed by atoms with Crippen LogP contribution < -0.4 is 5.32 Å². The Kier molecular flexibility index (Phi) is 5.85. The van der Waals surface area contributed by atoms with Gasteiger partial charge in [-0.1, -0.05) is 18.2 Å². The van der Waals surface area contributed by atoms with Gasteiger partial charge in [0.25, 0.3) is 0 Å². The highest BCUT2D eigenvalue weighted by Crippen LogP contribution is 2.17. The number of hydrogen-bond acceptors (Lipinski definition) is 4. The minimum atomic E-state index is -1.40. The molecule has 0 bridgehead atoms. The highest BCUT2D eigenvalue weighted by molar-refractivity contribution is 8.00. The zero-order chi connectivity index (χ0) is 14.3. The van der Waals surface area contributed by atoms with E-state index in [9.17, 15) is 9.59 Å². The van der Waals surface area contributed by atoms with Gasteiger partial charge in [-0.3, -0.25) is 4.79 Å². The standard InChI is InChI=1S/C13H17NO4S/c1-13(9-18-2,12(16)17)14-11(15)8-19-10-6-4-3-5-7-10/h3-7H,8-9H2,1-2H3,(H,14,15)(H,16,17). The largest absolute Gasteiger partial charge is 0.479 e. The number of carboxylic acid groups (broad SMARTS) is 1. The van der Waals surface area contributed by atoms with Crippen molar-refractivity contribution in [3.8, 4) is 0 Å². The number of carboxylic acids is 1. The van der Waals surface area contributed by atoms with Gasteiger partial charge in [-0.05, 0) is 19.1 Å². The van der Waals surface area contributed by atoms with Crippen LogP contribution in [0.4, 0.5) is 0 Å². The van der Waals surface area contributed by atoms with Crippen molar-refractivity contribution in [2.45, 2.75) is 17.4 Å². The molecule has 1 aromatic rings. The first-order valence-electron chi connectivity index (χ1n) is 5.69. The molecule has 5 nitrogen and oxygen atoms in total. The molecule has 1 amide bonds. The number of carbonyl (C=O) groups excluding carboxylic acids is 1. The summed E-state index contributed by atoms with van der Waals surface area (Å²) in [7, 11) is 1.39. The Bertz CT molecular complexity index is 438. The Labute approximate surface area is 116 Å². The number of aliphatic carboxylic acids is 1. The minimum Gasteiger partial charge on any atom is -0.479 e. The van der Waals surface area contributed by atoms with Crippen LogP contribution in [0.15, 0.2) is 35.2 Å². The van der Waals surface area contributed by atoms with Gasteiger partial charge in [0.1, 0.15) is 0 Å². The van der Waals surface area contributed by atoms with Crippen molar-refractivity contribution in [2.75, 3.05) is 19.5 Å². The number of rotatable bonds is 7. The van der Waals surface area contributed by atoms with Crippen molar-refractivity contribution in [3.63, 3.8) is 0 Å². The Morgan fingerprint density at radius 1 is 1.37 bits per heavy atom. The molecule has 0 radical (unpaired) electrons. The van der Waals surface area contributed by atoms with E-state index in [1.165, 1.54) is 25.8 Å². The summed E-state index contributed by atoms with van der Waals surface area (Å²) in [6, 6.07) is 9.44. The predicted octanol–water partition coefficient (Wildman–Crippen LogP) is 1.38. The first kappa shape index (κ1) is 15.5. The second kappa shape index (κ2) is 7.16. The Hall–Kier alpha value is -1.53. The molecule has 19 heavy (non-hydrogen) atoms. The van der Waals surface area contributed by atoms with Crippen LogP contribution >= 0.6 is 11.8 Å². The summed E-state index contributed by atoms with van der Waals surface area (Å²) >= 11 is 1.35. The molecule has 0 spiro atoms. The van der Waals surface area contributed by atoms with Crippen LogP contribution in [-0.4, -0.2) is 42.0 Å². The second-order valence-corrected chi connectivity index (χ2v) is 5.27. The molecular weight excluding hydrogens is 266 g/mol. The van der Waals surface area contributed by atoms with E-state index in [4.69, 9.17) is 9.84 Å². The number of nitrogens with one attached hydrogen (secondary N) is 1. The number of amides is 1. The molecule has 2 N–H and O–H groups in total. The van der Waals surface area contributed by atoms with Gasteiger partial charge in [0.05, 0.1) is 12.4 Å². The number of benzene rings is 1. The van der Waals surface area contributed by atoms with Crippen molar-refractivity contribution in [1.82, 2.24) is 5.32 Å². The number of carbonyl (C=O) groups is 2. The Balaban J connectivity index is 2.52. The predicted molar refractivity (Wildman–Crippen MR) is 73.2 cm³/mol. The average molecular weight is 283 g/mol. The van der Waals surface area contributed by atoms with E-state index in [0.29, 0.717) is 0 Å². The number of hydrogen-bond donors (Lipinski definition) is 2. The van der Waals surface area contributed by atoms with Gasteiger partial charge in [-0.25, -0.2) is 4.79 Å². The zero-order valence-electron chi connectivity index (χ0n) is 10.9. The molecular formula is C13H17NO4S. The van der Waals surface area contributed by atoms with E-state index >= 15 is 0 Å². The van der Waals surface area contributed by atoms with E-state index in [2.05, 4.69) is 5.32 Å². The maximum absolute atomic E-state index is 11.8. The molecule has 0 aliphatic rings. The summed E-state index contributed by atoms with van der Waals surface area (Å²) in [5, 5.41) is 11.6. The van der Waals surface area contributed by atoms with Crippen molar-refractivity contribution in [2.24, 2.45) is 0 Å². The average Bonchev–Trinajstić information content (AvgIpc) is 2.37. The molecule has 0 aliphatic heterocycles. The molecule has 1 aromatic carbocycles. The fourth-order valence-corrected chi connectivity index (χ4v) is 2.17. The lowest BCUT2D eigenvalue weighted by Gasteiger charge is -2.25. The van der Waals surface area contributed by atoms with Crippen LogP contribution in [0.1, 0.15) is 6.92 Å². The van der Waals surface area contributed by atoms with Crippen molar-refractivity contribution < 1.29 is 19.4 Å². The van der Waals surface area contributed by atoms with Crippen molar-refractivity contribution in [1.29, 1.82) is 0 Å². The van der Waals surface area contributed by atoms with E-state index < -0.39 is 11.5 Å². The SMILES string of the molecule is COCC(C)(NC(=O)CSc1ccccc1)C(=O)O. The quantitative estimate of drug-likeness (QED) is 0.739. The van der Waals surface area contributed by atoms with Gasteiger partial charge >= 0.3 is 5.97 Å². The van der Waals surface area contributed by atoms with Crippen LogP contribution in [0, 0.1) is 0 Å². The van der Waals surface area contributed by atoms with Crippen LogP contribution in [0.2, 0.25) is 0 Å². The molecule has 0 saturated heterocycles. The first-order valence-corrected chi connectivity index (χ1v) is 6.67. The van der Waals surface area contributed by atoms with Gasteiger partial charge in [-0.15, -0.1) is 11.8 Å². The lowest BCUT2D eigenvalue weighted by molar-refractivity contribution is -0.148. The third kappa shape index (κ3) is 4.92. The van der Waals surface area contributed by atoms with Gasteiger partial charge in [0.2, 0.25) is 5.91 Å². The molecule has 1 rings (SSSR count). The number of ether oxygens (including phenoxy) is 1. The molecule has 0 heterocycles. The lowest BCUT2D eigenvalue weighted by atomic mass is 10.0. The molecule has 6 heteroatoms. The highest BCUT2D eigenvalue weighted by Gasteiger charge is 2.34. The molecule has 1 unspecified atom stereocenters. The van der Waals surface area contributed by atoms with Gasteiger partial charge in [-0.2, -0.15) is 0 Å². The smallest absolute Gasteiger partial charge is 0.331 e. The minimum absolute atomic E-state index is 0.0793. The lowest BCUT2D eigenvalue weighted by Crippen LogP contribution is -2.55. The second-order valence-electron chi connectivity index (χ2n) is 4.22. The maximum atomic E-state index is 11.8. The van der Waals surface area contributed by atoms with Crippen LogP contribution in [-0.2, 0) is 14.3 Å². The molecule has 1 atom stereocenters. The van der Waals surface area contributed by atoms with Crippen molar-refractivity contribution in [3.05, 3.63) is 30.3 Å². The van der Waals surface area contributed by atoms with Crippen LogP contribution in [0.3, 0.4) is 0 Å². The van der Waals surface area contributed by atoms with Gasteiger partial charge in [0.15, 0.2) is 5.54 Å². The van der Waals surface area contributed by atoms with Gasteiger partial charge < -0.3 is 15.2 Å². The summed E-state index contributed by atoms with van der Waals surface area (Å²) in [6.45, 7) is 1.34. The molecule has 0 aliphatic carbocycles. The van der Waals surface area contributed by atoms with Gasteiger partial charge in [0, 0.05) is 12.0 Å². The summed E-state index contributed by atoms with van der Waals surface area (Å²) < 4.78 is 4.83. The topological polar surface area (TPSA) is 75.6 Å². The zero-order valence-corrected chi connectivity index (χ0v) is 11.7. The third-order valence-electron chi connectivity index (χ3n) is 2.43.